The number of hydrogen-bond acceptors (Lipinski definition) is 5. The van der Waals surface area contributed by atoms with Crippen LogP contribution in [0.25, 0.3) is 0 Å². The number of carbonyl (C=O) groups is 2. The SMILES string of the molecule is CSc1nnc(CCCNC(=O)c2ccccc2C(=O)c2ccc(C)cc2)n1C1CCCC1. The third-order valence-electron chi connectivity index (χ3n) is 6.20. The maximum atomic E-state index is 13.0. The number of benzene rings is 2. The summed E-state index contributed by atoms with van der Waals surface area (Å²) >= 11 is 1.64. The van der Waals surface area contributed by atoms with Crippen molar-refractivity contribution in [3.8, 4) is 0 Å². The second kappa shape index (κ2) is 10.8. The van der Waals surface area contributed by atoms with Gasteiger partial charge in [-0.05, 0) is 38.5 Å². The molecule has 0 atom stereocenters. The Bertz CT molecular complexity index is 1120. The van der Waals surface area contributed by atoms with Crippen LogP contribution in [0, 0.1) is 6.92 Å². The fourth-order valence-corrected chi connectivity index (χ4v) is 5.00. The van der Waals surface area contributed by atoms with Gasteiger partial charge in [-0.25, -0.2) is 0 Å². The molecular formula is C26H30N4O2S. The molecular weight excluding hydrogens is 432 g/mol. The van der Waals surface area contributed by atoms with E-state index in [0.29, 0.717) is 29.3 Å². The van der Waals surface area contributed by atoms with Crippen LogP contribution in [0.2, 0.25) is 0 Å². The highest BCUT2D eigenvalue weighted by molar-refractivity contribution is 7.98. The van der Waals surface area contributed by atoms with E-state index in [1.807, 2.05) is 25.3 Å². The van der Waals surface area contributed by atoms with Gasteiger partial charge in [0.2, 0.25) is 0 Å². The van der Waals surface area contributed by atoms with Crippen molar-refractivity contribution in [1.82, 2.24) is 20.1 Å². The minimum absolute atomic E-state index is 0.144. The zero-order valence-corrected chi connectivity index (χ0v) is 20.0. The maximum Gasteiger partial charge on any atom is 0.252 e. The Morgan fingerprint density at radius 1 is 1.03 bits per heavy atom. The third-order valence-corrected chi connectivity index (χ3v) is 6.84. The molecule has 1 aromatic heterocycles. The van der Waals surface area contributed by atoms with E-state index in [2.05, 4.69) is 20.1 Å². The molecule has 7 heteroatoms. The summed E-state index contributed by atoms with van der Waals surface area (Å²) in [4.78, 5) is 25.9. The molecule has 0 spiro atoms. The number of ketones is 1. The first-order valence-corrected chi connectivity index (χ1v) is 12.8. The number of nitrogens with zero attached hydrogens (tertiary/aromatic N) is 3. The zero-order chi connectivity index (χ0) is 23.2. The Morgan fingerprint density at radius 3 is 2.42 bits per heavy atom. The Hall–Kier alpha value is -2.93. The smallest absolute Gasteiger partial charge is 0.252 e. The number of carbonyl (C=O) groups excluding carboxylic acids is 2. The van der Waals surface area contributed by atoms with E-state index in [1.54, 1.807) is 48.2 Å². The van der Waals surface area contributed by atoms with Gasteiger partial charge in [-0.2, -0.15) is 0 Å². The van der Waals surface area contributed by atoms with Gasteiger partial charge in [0.25, 0.3) is 5.91 Å². The number of amides is 1. The molecule has 1 amide bonds. The van der Waals surface area contributed by atoms with Gasteiger partial charge in [-0.15, -0.1) is 10.2 Å². The lowest BCUT2D eigenvalue weighted by Gasteiger charge is -2.16. The van der Waals surface area contributed by atoms with E-state index in [0.717, 1.165) is 29.4 Å². The first kappa shape index (κ1) is 23.2. The number of thioether (sulfide) groups is 1. The van der Waals surface area contributed by atoms with Gasteiger partial charge in [0.05, 0.1) is 5.56 Å². The number of rotatable bonds is 9. The molecule has 1 saturated carbocycles. The van der Waals surface area contributed by atoms with E-state index in [-0.39, 0.29) is 11.7 Å². The molecule has 0 bridgehead atoms. The highest BCUT2D eigenvalue weighted by atomic mass is 32.2. The predicted molar refractivity (Wildman–Crippen MR) is 131 cm³/mol. The van der Waals surface area contributed by atoms with E-state index < -0.39 is 0 Å². The van der Waals surface area contributed by atoms with Crippen molar-refractivity contribution >= 4 is 23.5 Å². The second-order valence-corrected chi connectivity index (χ2v) is 9.28. The average Bonchev–Trinajstić information content (AvgIpc) is 3.51. The summed E-state index contributed by atoms with van der Waals surface area (Å²) in [6.07, 6.45) is 8.43. The highest BCUT2D eigenvalue weighted by Crippen LogP contribution is 2.33. The molecule has 0 unspecified atom stereocenters. The molecule has 4 rings (SSSR count). The fraction of sp³-hybridized carbons (Fsp3) is 0.385. The lowest BCUT2D eigenvalue weighted by molar-refractivity contribution is 0.0941. The van der Waals surface area contributed by atoms with E-state index in [1.165, 1.54) is 25.7 Å². The lowest BCUT2D eigenvalue weighted by atomic mass is 9.97. The summed E-state index contributed by atoms with van der Waals surface area (Å²) in [6, 6.07) is 14.9. The van der Waals surface area contributed by atoms with Crippen LogP contribution in [0.3, 0.4) is 0 Å². The fourth-order valence-electron chi connectivity index (χ4n) is 4.43. The Balaban J connectivity index is 1.38. The van der Waals surface area contributed by atoms with Gasteiger partial charge in [0.15, 0.2) is 10.9 Å². The zero-order valence-electron chi connectivity index (χ0n) is 19.2. The summed E-state index contributed by atoms with van der Waals surface area (Å²) in [5, 5.41) is 12.7. The molecule has 2 aromatic carbocycles. The Labute approximate surface area is 199 Å². The lowest BCUT2D eigenvalue weighted by Crippen LogP contribution is -2.27. The van der Waals surface area contributed by atoms with E-state index in [9.17, 15) is 9.59 Å². The van der Waals surface area contributed by atoms with E-state index in [4.69, 9.17) is 0 Å². The summed E-state index contributed by atoms with van der Waals surface area (Å²) in [5.74, 6) is 0.624. The van der Waals surface area contributed by atoms with Gasteiger partial charge in [-0.3, -0.25) is 9.59 Å². The van der Waals surface area contributed by atoms with Crippen molar-refractivity contribution in [1.29, 1.82) is 0 Å². The van der Waals surface area contributed by atoms with Crippen molar-refractivity contribution in [3.63, 3.8) is 0 Å². The molecule has 172 valence electrons. The van der Waals surface area contributed by atoms with Crippen molar-refractivity contribution in [2.75, 3.05) is 12.8 Å². The molecule has 33 heavy (non-hydrogen) atoms. The van der Waals surface area contributed by atoms with Gasteiger partial charge < -0.3 is 9.88 Å². The predicted octanol–water partition coefficient (Wildman–Crippen LogP) is 5.02. The molecule has 0 aliphatic heterocycles. The number of nitrogens with one attached hydrogen (secondary N) is 1. The van der Waals surface area contributed by atoms with Gasteiger partial charge >= 0.3 is 0 Å². The number of aromatic nitrogens is 3. The molecule has 1 aliphatic carbocycles. The summed E-state index contributed by atoms with van der Waals surface area (Å²) in [7, 11) is 0. The minimum atomic E-state index is -0.229. The van der Waals surface area contributed by atoms with Crippen LogP contribution in [0.15, 0.2) is 53.7 Å². The largest absolute Gasteiger partial charge is 0.352 e. The molecule has 1 fully saturated rings. The molecule has 1 heterocycles. The second-order valence-electron chi connectivity index (χ2n) is 8.51. The van der Waals surface area contributed by atoms with Crippen molar-refractivity contribution < 1.29 is 9.59 Å². The molecule has 0 radical (unpaired) electrons. The van der Waals surface area contributed by atoms with Crippen molar-refractivity contribution in [2.24, 2.45) is 0 Å². The van der Waals surface area contributed by atoms with Gasteiger partial charge in [0.1, 0.15) is 5.82 Å². The van der Waals surface area contributed by atoms with Crippen LogP contribution in [-0.4, -0.2) is 39.3 Å². The molecule has 1 N–H and O–H groups in total. The van der Waals surface area contributed by atoms with Crippen LogP contribution >= 0.6 is 11.8 Å². The molecule has 1 aliphatic rings. The van der Waals surface area contributed by atoms with Crippen molar-refractivity contribution in [3.05, 3.63) is 76.6 Å². The molecule has 6 nitrogen and oxygen atoms in total. The van der Waals surface area contributed by atoms with Crippen molar-refractivity contribution in [2.45, 2.75) is 56.6 Å². The first-order valence-electron chi connectivity index (χ1n) is 11.5. The number of aryl methyl sites for hydroxylation is 2. The Kier molecular flexibility index (Phi) is 7.60. The standard InChI is InChI=1S/C26H30N4O2S/c1-18-13-15-19(16-14-18)24(31)21-10-5-6-11-22(21)25(32)27-17-7-12-23-28-29-26(33-2)30(23)20-8-3-4-9-20/h5-6,10-11,13-16,20H,3-4,7-9,12,17H2,1-2H3,(H,27,32). The number of hydrogen-bond donors (Lipinski definition) is 1. The quantitative estimate of drug-likeness (QED) is 0.275. The maximum absolute atomic E-state index is 13.0. The van der Waals surface area contributed by atoms with E-state index >= 15 is 0 Å². The molecule has 3 aromatic rings. The molecule has 0 saturated heterocycles. The topological polar surface area (TPSA) is 76.9 Å². The average molecular weight is 463 g/mol. The first-order chi connectivity index (χ1) is 16.1. The summed E-state index contributed by atoms with van der Waals surface area (Å²) in [5.41, 5.74) is 2.49. The summed E-state index contributed by atoms with van der Waals surface area (Å²) in [6.45, 7) is 2.49. The van der Waals surface area contributed by atoms with Crippen LogP contribution in [0.4, 0.5) is 0 Å². The van der Waals surface area contributed by atoms with Crippen LogP contribution < -0.4 is 5.32 Å². The van der Waals surface area contributed by atoms with Gasteiger partial charge in [0, 0.05) is 30.1 Å². The highest BCUT2D eigenvalue weighted by Gasteiger charge is 2.23. The Morgan fingerprint density at radius 2 is 1.73 bits per heavy atom. The van der Waals surface area contributed by atoms with Crippen LogP contribution in [-0.2, 0) is 6.42 Å². The van der Waals surface area contributed by atoms with Crippen LogP contribution in [0.5, 0.6) is 0 Å². The van der Waals surface area contributed by atoms with Crippen LogP contribution in [0.1, 0.15) is 75.8 Å². The summed E-state index contributed by atoms with van der Waals surface area (Å²) < 4.78 is 2.30. The third kappa shape index (κ3) is 5.36. The minimum Gasteiger partial charge on any atom is -0.352 e. The van der Waals surface area contributed by atoms with Gasteiger partial charge in [-0.1, -0.05) is 72.6 Å². The monoisotopic (exact) mass is 462 g/mol. The normalized spacial score (nSPS) is 13.9.